The molecule has 1 unspecified atom stereocenters. The third-order valence-corrected chi connectivity index (χ3v) is 12.5. The predicted molar refractivity (Wildman–Crippen MR) is 239 cm³/mol. The van der Waals surface area contributed by atoms with Gasteiger partial charge >= 0.3 is 0 Å². The van der Waals surface area contributed by atoms with E-state index in [2.05, 4.69) is 198 Å². The highest BCUT2D eigenvalue weighted by atomic mass is 16.4. The first-order valence-electron chi connectivity index (χ1n) is 20.0. The standard InChI is InChI=1S/C54H34N2O2/c1-3-12-36(13-4-1)55-47-20-9-7-16-39(47)44-30-33(22-27-49(44)55)34-24-29-51-46(31-34)43-26-25-42-41-19-11-18-38(52(41)58-54(42)53(43)57-51)35-23-28-50-45(32-35)40-17-8-10-21-48(40)56(50)37-14-5-2-6-15-37/h1-31,45H,32H2. The van der Waals surface area contributed by atoms with Gasteiger partial charge in [0.15, 0.2) is 11.2 Å². The van der Waals surface area contributed by atoms with Crippen molar-refractivity contribution in [1.82, 2.24) is 4.57 Å². The fourth-order valence-electron chi connectivity index (χ4n) is 9.91. The van der Waals surface area contributed by atoms with Crippen LogP contribution in [0.2, 0.25) is 0 Å². The van der Waals surface area contributed by atoms with Crippen LogP contribution in [0, 0.1) is 0 Å². The fraction of sp³-hybridized carbons (Fsp3) is 0.0370. The van der Waals surface area contributed by atoms with Gasteiger partial charge in [0.1, 0.15) is 11.2 Å². The Morgan fingerprint density at radius 2 is 1.10 bits per heavy atom. The van der Waals surface area contributed by atoms with Gasteiger partial charge in [-0.25, -0.2) is 0 Å². The maximum atomic E-state index is 6.93. The number of benzene rings is 8. The zero-order chi connectivity index (χ0) is 37.9. The van der Waals surface area contributed by atoms with Gasteiger partial charge in [-0.3, -0.25) is 0 Å². The van der Waals surface area contributed by atoms with Crippen molar-refractivity contribution in [3.8, 4) is 16.8 Å². The van der Waals surface area contributed by atoms with Crippen molar-refractivity contribution in [2.75, 3.05) is 4.90 Å². The summed E-state index contributed by atoms with van der Waals surface area (Å²) < 4.78 is 16.0. The quantitative estimate of drug-likeness (QED) is 0.180. The second-order valence-electron chi connectivity index (χ2n) is 15.6. The van der Waals surface area contributed by atoms with Crippen molar-refractivity contribution in [2.45, 2.75) is 12.3 Å². The van der Waals surface area contributed by atoms with Gasteiger partial charge in [0.05, 0.1) is 11.0 Å². The minimum atomic E-state index is 0.260. The number of rotatable bonds is 4. The molecule has 272 valence electrons. The van der Waals surface area contributed by atoms with Gasteiger partial charge in [0.25, 0.3) is 0 Å². The van der Waals surface area contributed by atoms with E-state index in [1.54, 1.807) is 0 Å². The van der Waals surface area contributed by atoms with Crippen LogP contribution in [0.1, 0.15) is 23.5 Å². The fourth-order valence-corrected chi connectivity index (χ4v) is 9.91. The second kappa shape index (κ2) is 12.0. The van der Waals surface area contributed by atoms with E-state index >= 15 is 0 Å². The summed E-state index contributed by atoms with van der Waals surface area (Å²) in [5, 5.41) is 6.79. The Morgan fingerprint density at radius 1 is 0.448 bits per heavy atom. The van der Waals surface area contributed by atoms with Gasteiger partial charge in [0, 0.05) is 66.6 Å². The highest BCUT2D eigenvalue weighted by molar-refractivity contribution is 6.20. The molecule has 58 heavy (non-hydrogen) atoms. The number of para-hydroxylation sites is 5. The molecule has 0 amide bonds. The van der Waals surface area contributed by atoms with E-state index in [-0.39, 0.29) is 5.92 Å². The molecule has 13 rings (SSSR count). The first-order valence-corrected chi connectivity index (χ1v) is 20.0. The number of furan rings is 2. The molecule has 11 aromatic rings. The molecule has 0 N–H and O–H groups in total. The van der Waals surface area contributed by atoms with E-state index in [9.17, 15) is 0 Å². The van der Waals surface area contributed by atoms with Gasteiger partial charge in [-0.2, -0.15) is 0 Å². The minimum absolute atomic E-state index is 0.260. The van der Waals surface area contributed by atoms with Crippen LogP contribution in [-0.2, 0) is 0 Å². The van der Waals surface area contributed by atoms with E-state index in [0.717, 1.165) is 67.1 Å². The summed E-state index contributed by atoms with van der Waals surface area (Å²) in [6, 6.07) is 63.2. The Morgan fingerprint density at radius 3 is 1.97 bits per heavy atom. The number of allylic oxidation sites excluding steroid dienone is 4. The number of anilines is 2. The van der Waals surface area contributed by atoms with Crippen LogP contribution in [0.25, 0.3) is 88.1 Å². The van der Waals surface area contributed by atoms with Crippen LogP contribution < -0.4 is 4.90 Å². The molecule has 0 bridgehead atoms. The lowest BCUT2D eigenvalue weighted by Gasteiger charge is -2.26. The zero-order valence-corrected chi connectivity index (χ0v) is 31.4. The topological polar surface area (TPSA) is 34.5 Å². The van der Waals surface area contributed by atoms with Crippen LogP contribution in [0.3, 0.4) is 0 Å². The monoisotopic (exact) mass is 742 g/mol. The summed E-state index contributed by atoms with van der Waals surface area (Å²) in [5.74, 6) is 0.260. The maximum Gasteiger partial charge on any atom is 0.178 e. The normalized spacial score (nSPS) is 15.2. The molecule has 0 spiro atoms. The van der Waals surface area contributed by atoms with Gasteiger partial charge in [-0.05, 0) is 108 Å². The molecule has 1 aliphatic heterocycles. The van der Waals surface area contributed by atoms with Gasteiger partial charge < -0.3 is 18.3 Å². The maximum absolute atomic E-state index is 6.93. The first kappa shape index (κ1) is 31.6. The Kier molecular flexibility index (Phi) is 6.53. The van der Waals surface area contributed by atoms with Crippen LogP contribution in [0.4, 0.5) is 11.4 Å². The van der Waals surface area contributed by atoms with Crippen molar-refractivity contribution < 1.29 is 8.83 Å². The number of fused-ring (bicyclic) bond motifs is 13. The molecule has 0 saturated carbocycles. The number of nitrogens with zero attached hydrogens (tertiary/aromatic N) is 2. The summed E-state index contributed by atoms with van der Waals surface area (Å²) in [5.41, 5.74) is 16.8. The smallest absolute Gasteiger partial charge is 0.178 e. The van der Waals surface area contributed by atoms with E-state index in [1.165, 1.54) is 55.6 Å². The SMILES string of the molecule is C1=C(c2cccc3c2oc2c3ccc3c4cc(-c5ccc6c(c5)c5ccccc5n6-c5ccccc5)ccc4oc32)CC2C(=C1)N(c1ccccc1)c1ccccc12. The molecule has 3 aromatic heterocycles. The summed E-state index contributed by atoms with van der Waals surface area (Å²) in [6.45, 7) is 0. The summed E-state index contributed by atoms with van der Waals surface area (Å²) in [6.07, 6.45) is 5.50. The van der Waals surface area contributed by atoms with E-state index < -0.39 is 0 Å². The number of hydrogen-bond acceptors (Lipinski definition) is 3. The predicted octanol–water partition coefficient (Wildman–Crippen LogP) is 14.9. The Hall–Kier alpha value is -7.56. The highest BCUT2D eigenvalue weighted by Gasteiger charge is 2.36. The summed E-state index contributed by atoms with van der Waals surface area (Å²) >= 11 is 0. The summed E-state index contributed by atoms with van der Waals surface area (Å²) in [7, 11) is 0. The molecule has 1 aliphatic carbocycles. The third-order valence-electron chi connectivity index (χ3n) is 12.5. The number of hydrogen-bond donors (Lipinski definition) is 0. The molecule has 2 aliphatic rings. The number of aromatic nitrogens is 1. The third kappa shape index (κ3) is 4.45. The molecule has 4 nitrogen and oxygen atoms in total. The van der Waals surface area contributed by atoms with Crippen LogP contribution >= 0.6 is 0 Å². The van der Waals surface area contributed by atoms with Crippen molar-refractivity contribution in [3.05, 3.63) is 205 Å². The van der Waals surface area contributed by atoms with Gasteiger partial charge in [-0.15, -0.1) is 0 Å². The molecule has 8 aromatic carbocycles. The van der Waals surface area contributed by atoms with Crippen LogP contribution in [0.15, 0.2) is 203 Å². The van der Waals surface area contributed by atoms with E-state index in [4.69, 9.17) is 8.83 Å². The van der Waals surface area contributed by atoms with E-state index in [1.807, 2.05) is 0 Å². The van der Waals surface area contributed by atoms with Gasteiger partial charge in [-0.1, -0.05) is 109 Å². The molecule has 1 atom stereocenters. The van der Waals surface area contributed by atoms with Crippen LogP contribution in [-0.4, -0.2) is 4.57 Å². The molecular weight excluding hydrogens is 709 g/mol. The molecule has 0 fully saturated rings. The molecule has 0 radical (unpaired) electrons. The molecule has 4 heterocycles. The highest BCUT2D eigenvalue weighted by Crippen LogP contribution is 2.53. The van der Waals surface area contributed by atoms with Crippen molar-refractivity contribution in [1.29, 1.82) is 0 Å². The molecular formula is C54H34N2O2. The Balaban J connectivity index is 0.918. The molecule has 4 heteroatoms. The average molecular weight is 743 g/mol. The average Bonchev–Trinajstić information content (AvgIpc) is 4.04. The largest absolute Gasteiger partial charge is 0.452 e. The van der Waals surface area contributed by atoms with Gasteiger partial charge in [0.2, 0.25) is 0 Å². The second-order valence-corrected chi connectivity index (χ2v) is 15.6. The van der Waals surface area contributed by atoms with Crippen molar-refractivity contribution >= 4 is 82.6 Å². The van der Waals surface area contributed by atoms with E-state index in [0.29, 0.717) is 0 Å². The Labute approximate surface area is 333 Å². The lowest BCUT2D eigenvalue weighted by Crippen LogP contribution is -2.15. The lowest BCUT2D eigenvalue weighted by molar-refractivity contribution is 0.632. The molecule has 0 saturated heterocycles. The Bertz CT molecular complexity index is 3540. The van der Waals surface area contributed by atoms with Crippen molar-refractivity contribution in [2.24, 2.45) is 0 Å². The first-order chi connectivity index (χ1) is 28.8. The minimum Gasteiger partial charge on any atom is -0.452 e. The van der Waals surface area contributed by atoms with Crippen molar-refractivity contribution in [3.63, 3.8) is 0 Å². The zero-order valence-electron chi connectivity index (χ0n) is 31.4. The summed E-state index contributed by atoms with van der Waals surface area (Å²) in [4.78, 5) is 2.42. The van der Waals surface area contributed by atoms with Crippen LogP contribution in [0.5, 0.6) is 0 Å². The lowest BCUT2D eigenvalue weighted by atomic mass is 9.84.